The van der Waals surface area contributed by atoms with Gasteiger partial charge in [0.1, 0.15) is 6.61 Å². The van der Waals surface area contributed by atoms with Crippen LogP contribution in [0.1, 0.15) is 18.4 Å². The average Bonchev–Trinajstić information content (AvgIpc) is 3.10. The van der Waals surface area contributed by atoms with Crippen molar-refractivity contribution in [3.8, 4) is 0 Å². The lowest BCUT2D eigenvalue weighted by Gasteiger charge is -2.05. The van der Waals surface area contributed by atoms with Gasteiger partial charge in [-0.3, -0.25) is 4.79 Å². The lowest BCUT2D eigenvalue weighted by molar-refractivity contribution is -0.143. The van der Waals surface area contributed by atoms with E-state index < -0.39 is 0 Å². The molecule has 1 aromatic heterocycles. The molecule has 18 heavy (non-hydrogen) atoms. The fourth-order valence-electron chi connectivity index (χ4n) is 1.80. The second kappa shape index (κ2) is 4.78. The highest BCUT2D eigenvalue weighted by Crippen LogP contribution is 2.18. The zero-order valence-corrected chi connectivity index (χ0v) is 9.98. The van der Waals surface area contributed by atoms with Crippen molar-refractivity contribution in [3.63, 3.8) is 0 Å². The molecule has 1 aromatic carbocycles. The number of rotatable bonds is 5. The number of fused-ring (bicyclic) bond motifs is 1. The predicted molar refractivity (Wildman–Crippen MR) is 66.9 cm³/mol. The van der Waals surface area contributed by atoms with E-state index in [0.717, 1.165) is 16.6 Å². The summed E-state index contributed by atoms with van der Waals surface area (Å²) in [6.07, 6.45) is 3.99. The first-order valence-corrected chi connectivity index (χ1v) is 6.12. The molecule has 0 saturated heterocycles. The lowest BCUT2D eigenvalue weighted by Crippen LogP contribution is -2.26. The summed E-state index contributed by atoms with van der Waals surface area (Å²) in [6.45, 7) is 0.608. The summed E-state index contributed by atoms with van der Waals surface area (Å²) in [4.78, 5) is 18.6. The highest BCUT2D eigenvalue weighted by Gasteiger charge is 2.21. The summed E-state index contributed by atoms with van der Waals surface area (Å²) in [6, 6.07) is 6.31. The van der Waals surface area contributed by atoms with Crippen LogP contribution >= 0.6 is 0 Å². The molecule has 5 nitrogen and oxygen atoms in total. The maximum Gasteiger partial charge on any atom is 0.320 e. The van der Waals surface area contributed by atoms with Gasteiger partial charge in [0.25, 0.3) is 0 Å². The molecule has 0 unspecified atom stereocenters. The minimum Gasteiger partial charge on any atom is -0.460 e. The molecule has 2 aromatic rings. The highest BCUT2D eigenvalue weighted by molar-refractivity contribution is 5.75. The van der Waals surface area contributed by atoms with Gasteiger partial charge < -0.3 is 15.0 Å². The summed E-state index contributed by atoms with van der Waals surface area (Å²) in [5.74, 6) is -0.202. The van der Waals surface area contributed by atoms with Crippen LogP contribution in [-0.4, -0.2) is 28.5 Å². The second-order valence-electron chi connectivity index (χ2n) is 4.57. The van der Waals surface area contributed by atoms with E-state index in [1.807, 2.05) is 18.2 Å². The fourth-order valence-corrected chi connectivity index (χ4v) is 1.80. The monoisotopic (exact) mass is 245 g/mol. The Labute approximate surface area is 105 Å². The number of hydrogen-bond acceptors (Lipinski definition) is 4. The number of esters is 1. The number of aromatic amines is 1. The zero-order chi connectivity index (χ0) is 12.4. The van der Waals surface area contributed by atoms with Crippen LogP contribution in [0, 0.1) is 0 Å². The van der Waals surface area contributed by atoms with Gasteiger partial charge in [-0.15, -0.1) is 0 Å². The van der Waals surface area contributed by atoms with Crippen molar-refractivity contribution in [3.05, 3.63) is 30.1 Å². The summed E-state index contributed by atoms with van der Waals surface area (Å²) >= 11 is 0. The van der Waals surface area contributed by atoms with Crippen LogP contribution in [0.2, 0.25) is 0 Å². The van der Waals surface area contributed by atoms with E-state index >= 15 is 0 Å². The number of nitrogens with zero attached hydrogens (tertiary/aromatic N) is 1. The second-order valence-corrected chi connectivity index (χ2v) is 4.57. The van der Waals surface area contributed by atoms with Gasteiger partial charge in [0.15, 0.2) is 0 Å². The number of H-pyrrole nitrogens is 1. The molecule has 1 aliphatic rings. The molecule has 0 atom stereocenters. The minimum absolute atomic E-state index is 0.202. The van der Waals surface area contributed by atoms with Gasteiger partial charge in [0.2, 0.25) is 0 Å². The van der Waals surface area contributed by atoms with E-state index in [1.54, 1.807) is 6.33 Å². The first kappa shape index (κ1) is 11.2. The molecule has 3 rings (SSSR count). The summed E-state index contributed by atoms with van der Waals surface area (Å²) < 4.78 is 5.20. The molecule has 5 heteroatoms. The topological polar surface area (TPSA) is 67.0 Å². The molecule has 2 N–H and O–H groups in total. The van der Waals surface area contributed by atoms with Crippen LogP contribution in [0.15, 0.2) is 24.5 Å². The molecule has 0 aliphatic heterocycles. The summed E-state index contributed by atoms with van der Waals surface area (Å²) in [5.41, 5.74) is 2.84. The molecule has 0 amide bonds. The number of imidazole rings is 1. The van der Waals surface area contributed by atoms with Crippen molar-refractivity contribution in [1.82, 2.24) is 15.3 Å². The number of ether oxygens (including phenoxy) is 1. The molecule has 0 spiro atoms. The van der Waals surface area contributed by atoms with Gasteiger partial charge in [0.05, 0.1) is 23.9 Å². The van der Waals surface area contributed by atoms with Crippen molar-refractivity contribution in [1.29, 1.82) is 0 Å². The Hall–Kier alpha value is -1.88. The van der Waals surface area contributed by atoms with Crippen LogP contribution in [0.5, 0.6) is 0 Å². The van der Waals surface area contributed by atoms with Crippen molar-refractivity contribution in [2.24, 2.45) is 0 Å². The Balaban J connectivity index is 1.53. The van der Waals surface area contributed by atoms with Crippen LogP contribution in [-0.2, 0) is 16.1 Å². The molecule has 94 valence electrons. The Morgan fingerprint density at radius 1 is 1.50 bits per heavy atom. The van der Waals surface area contributed by atoms with E-state index in [9.17, 15) is 4.79 Å². The van der Waals surface area contributed by atoms with E-state index in [1.165, 1.54) is 12.8 Å². The van der Waals surface area contributed by atoms with Gasteiger partial charge in [-0.2, -0.15) is 0 Å². The molecule has 0 bridgehead atoms. The number of benzene rings is 1. The van der Waals surface area contributed by atoms with E-state index in [0.29, 0.717) is 19.2 Å². The summed E-state index contributed by atoms with van der Waals surface area (Å²) in [7, 11) is 0. The number of carbonyl (C=O) groups excluding carboxylic acids is 1. The first-order chi connectivity index (χ1) is 8.81. The number of aromatic nitrogens is 2. The minimum atomic E-state index is -0.202. The Morgan fingerprint density at radius 2 is 2.39 bits per heavy atom. The maximum absolute atomic E-state index is 11.5. The summed E-state index contributed by atoms with van der Waals surface area (Å²) in [5, 5.41) is 3.13. The van der Waals surface area contributed by atoms with Gasteiger partial charge in [-0.1, -0.05) is 6.07 Å². The van der Waals surface area contributed by atoms with Crippen LogP contribution < -0.4 is 5.32 Å². The molecule has 1 aliphatic carbocycles. The third kappa shape index (κ3) is 2.68. The quantitative estimate of drug-likeness (QED) is 0.780. The standard InChI is InChI=1S/C13H15N3O2/c17-13(6-14-10-2-3-10)18-7-9-1-4-11-12(5-9)16-8-15-11/h1,4-5,8,10,14H,2-3,6-7H2,(H,15,16). The van der Waals surface area contributed by atoms with E-state index in [-0.39, 0.29) is 5.97 Å². The largest absolute Gasteiger partial charge is 0.460 e. The van der Waals surface area contributed by atoms with Crippen molar-refractivity contribution in [2.45, 2.75) is 25.5 Å². The van der Waals surface area contributed by atoms with Crippen molar-refractivity contribution in [2.75, 3.05) is 6.54 Å². The Kier molecular flexibility index (Phi) is 2.98. The van der Waals surface area contributed by atoms with Gasteiger partial charge >= 0.3 is 5.97 Å². The van der Waals surface area contributed by atoms with Gasteiger partial charge in [0, 0.05) is 6.04 Å². The van der Waals surface area contributed by atoms with E-state index in [2.05, 4.69) is 15.3 Å². The fraction of sp³-hybridized carbons (Fsp3) is 0.385. The first-order valence-electron chi connectivity index (χ1n) is 6.12. The third-order valence-electron chi connectivity index (χ3n) is 3.00. The van der Waals surface area contributed by atoms with Crippen LogP contribution in [0.25, 0.3) is 11.0 Å². The Bertz CT molecular complexity index is 560. The molecule has 1 heterocycles. The Morgan fingerprint density at radius 3 is 3.22 bits per heavy atom. The van der Waals surface area contributed by atoms with Gasteiger partial charge in [-0.25, -0.2) is 4.98 Å². The number of hydrogen-bond donors (Lipinski definition) is 2. The average molecular weight is 245 g/mol. The third-order valence-corrected chi connectivity index (χ3v) is 3.00. The maximum atomic E-state index is 11.5. The molecular formula is C13H15N3O2. The predicted octanol–water partition coefficient (Wildman–Crippen LogP) is 1.36. The zero-order valence-electron chi connectivity index (χ0n) is 9.98. The van der Waals surface area contributed by atoms with Crippen molar-refractivity contribution < 1.29 is 9.53 Å². The highest BCUT2D eigenvalue weighted by atomic mass is 16.5. The molecule has 1 saturated carbocycles. The van der Waals surface area contributed by atoms with Gasteiger partial charge in [-0.05, 0) is 30.5 Å². The van der Waals surface area contributed by atoms with E-state index in [4.69, 9.17) is 4.74 Å². The lowest BCUT2D eigenvalue weighted by atomic mass is 10.2. The smallest absolute Gasteiger partial charge is 0.320 e. The number of nitrogens with one attached hydrogen (secondary N) is 2. The SMILES string of the molecule is O=C(CNC1CC1)OCc1ccc2nc[nH]c2c1. The van der Waals surface area contributed by atoms with Crippen molar-refractivity contribution >= 4 is 17.0 Å². The number of carbonyl (C=O) groups is 1. The molecular weight excluding hydrogens is 230 g/mol. The normalized spacial score (nSPS) is 14.9. The molecule has 1 fully saturated rings. The van der Waals surface area contributed by atoms with Crippen LogP contribution in [0.3, 0.4) is 0 Å². The van der Waals surface area contributed by atoms with Crippen LogP contribution in [0.4, 0.5) is 0 Å². The molecule has 0 radical (unpaired) electrons.